The average Bonchev–Trinajstić information content (AvgIpc) is 2.26. The maximum absolute atomic E-state index is 11.2. The Morgan fingerprint density at radius 2 is 2.17 bits per heavy atom. The van der Waals surface area contributed by atoms with Gasteiger partial charge in [0.05, 0.1) is 5.69 Å². The molecule has 0 saturated carbocycles. The lowest BCUT2D eigenvalue weighted by Crippen LogP contribution is -2.27. The van der Waals surface area contributed by atoms with Crippen LogP contribution in [0.5, 0.6) is 5.75 Å². The largest absolute Gasteiger partial charge is 0.482 e. The van der Waals surface area contributed by atoms with Gasteiger partial charge in [-0.1, -0.05) is 26.8 Å². The van der Waals surface area contributed by atoms with Gasteiger partial charge < -0.3 is 15.4 Å². The first kappa shape index (κ1) is 12.9. The molecule has 1 aliphatic rings. The number of carbonyl (C=O) groups is 1. The molecule has 2 N–H and O–H groups in total. The van der Waals surface area contributed by atoms with E-state index in [1.807, 2.05) is 18.2 Å². The summed E-state index contributed by atoms with van der Waals surface area (Å²) in [7, 11) is 0. The molecule has 1 heterocycles. The molecule has 98 valence electrons. The Labute approximate surface area is 108 Å². The third-order valence-corrected chi connectivity index (χ3v) is 2.66. The quantitative estimate of drug-likeness (QED) is 0.861. The first-order valence-electron chi connectivity index (χ1n) is 6.20. The SMILES string of the molecule is CC(C)(C)CNCc1ccc2c(c1)NC(=O)CO2. The Bertz CT molecular complexity index is 450. The molecule has 0 spiro atoms. The fourth-order valence-electron chi connectivity index (χ4n) is 1.82. The molecule has 0 unspecified atom stereocenters. The molecule has 0 fully saturated rings. The number of nitrogens with one attached hydrogen (secondary N) is 2. The summed E-state index contributed by atoms with van der Waals surface area (Å²) in [6, 6.07) is 5.89. The van der Waals surface area contributed by atoms with Crippen molar-refractivity contribution in [2.75, 3.05) is 18.5 Å². The van der Waals surface area contributed by atoms with Crippen molar-refractivity contribution in [2.24, 2.45) is 5.41 Å². The minimum atomic E-state index is -0.0951. The van der Waals surface area contributed by atoms with Gasteiger partial charge in [0.15, 0.2) is 6.61 Å². The third-order valence-electron chi connectivity index (χ3n) is 2.66. The Morgan fingerprint density at radius 1 is 1.39 bits per heavy atom. The van der Waals surface area contributed by atoms with E-state index in [9.17, 15) is 4.79 Å². The molecule has 1 aromatic carbocycles. The predicted molar refractivity (Wildman–Crippen MR) is 71.7 cm³/mol. The van der Waals surface area contributed by atoms with Crippen LogP contribution in [0.25, 0.3) is 0 Å². The molecular weight excluding hydrogens is 228 g/mol. The molecule has 1 aromatic rings. The molecule has 0 atom stereocenters. The van der Waals surface area contributed by atoms with Crippen LogP contribution in [0, 0.1) is 5.41 Å². The highest BCUT2D eigenvalue weighted by Gasteiger charge is 2.16. The number of rotatable bonds is 3. The van der Waals surface area contributed by atoms with Crippen molar-refractivity contribution in [2.45, 2.75) is 27.3 Å². The van der Waals surface area contributed by atoms with Gasteiger partial charge in [0.1, 0.15) is 5.75 Å². The molecule has 0 aliphatic carbocycles. The molecular formula is C14H20N2O2. The minimum Gasteiger partial charge on any atom is -0.482 e. The highest BCUT2D eigenvalue weighted by atomic mass is 16.5. The monoisotopic (exact) mass is 248 g/mol. The second-order valence-corrected chi connectivity index (χ2v) is 5.83. The van der Waals surface area contributed by atoms with Gasteiger partial charge in [-0.25, -0.2) is 0 Å². The number of hydrogen-bond donors (Lipinski definition) is 2. The lowest BCUT2D eigenvalue weighted by atomic mass is 9.97. The van der Waals surface area contributed by atoms with Crippen LogP contribution in [0.15, 0.2) is 18.2 Å². The van der Waals surface area contributed by atoms with Gasteiger partial charge in [0.2, 0.25) is 0 Å². The van der Waals surface area contributed by atoms with Crippen molar-refractivity contribution >= 4 is 11.6 Å². The summed E-state index contributed by atoms with van der Waals surface area (Å²) in [4.78, 5) is 11.2. The molecule has 2 rings (SSSR count). The van der Waals surface area contributed by atoms with Crippen LogP contribution in [0.2, 0.25) is 0 Å². The Morgan fingerprint density at radius 3 is 2.89 bits per heavy atom. The van der Waals surface area contributed by atoms with E-state index in [1.165, 1.54) is 0 Å². The van der Waals surface area contributed by atoms with Crippen LogP contribution < -0.4 is 15.4 Å². The normalized spacial score (nSPS) is 14.7. The number of carbonyl (C=O) groups excluding carboxylic acids is 1. The van der Waals surface area contributed by atoms with E-state index in [0.717, 1.165) is 30.1 Å². The molecule has 4 heteroatoms. The van der Waals surface area contributed by atoms with Crippen molar-refractivity contribution in [1.82, 2.24) is 5.32 Å². The van der Waals surface area contributed by atoms with Gasteiger partial charge in [-0.05, 0) is 23.1 Å². The van der Waals surface area contributed by atoms with Crippen molar-refractivity contribution in [1.29, 1.82) is 0 Å². The minimum absolute atomic E-state index is 0.0951. The van der Waals surface area contributed by atoms with Crippen molar-refractivity contribution < 1.29 is 9.53 Å². The average molecular weight is 248 g/mol. The van der Waals surface area contributed by atoms with E-state index in [1.54, 1.807) is 0 Å². The summed E-state index contributed by atoms with van der Waals surface area (Å²) in [5, 5.41) is 6.22. The first-order chi connectivity index (χ1) is 8.44. The number of benzene rings is 1. The van der Waals surface area contributed by atoms with Gasteiger partial charge in [-0.2, -0.15) is 0 Å². The van der Waals surface area contributed by atoms with Gasteiger partial charge in [0.25, 0.3) is 5.91 Å². The molecule has 4 nitrogen and oxygen atoms in total. The summed E-state index contributed by atoms with van der Waals surface area (Å²) in [5.41, 5.74) is 2.18. The van der Waals surface area contributed by atoms with Gasteiger partial charge >= 0.3 is 0 Å². The smallest absolute Gasteiger partial charge is 0.262 e. The van der Waals surface area contributed by atoms with Crippen LogP contribution in [0.3, 0.4) is 0 Å². The van der Waals surface area contributed by atoms with E-state index < -0.39 is 0 Å². The Balaban J connectivity index is 1.98. The number of anilines is 1. The zero-order valence-electron chi connectivity index (χ0n) is 11.2. The van der Waals surface area contributed by atoms with Crippen LogP contribution >= 0.6 is 0 Å². The number of ether oxygens (including phenoxy) is 1. The topological polar surface area (TPSA) is 50.4 Å². The van der Waals surface area contributed by atoms with Crippen molar-refractivity contribution in [3.63, 3.8) is 0 Å². The van der Waals surface area contributed by atoms with Crippen LogP contribution in [-0.2, 0) is 11.3 Å². The fraction of sp³-hybridized carbons (Fsp3) is 0.500. The zero-order valence-corrected chi connectivity index (χ0v) is 11.2. The number of fused-ring (bicyclic) bond motifs is 1. The van der Waals surface area contributed by atoms with Gasteiger partial charge in [-0.15, -0.1) is 0 Å². The molecule has 1 aliphatic heterocycles. The second-order valence-electron chi connectivity index (χ2n) is 5.83. The Kier molecular flexibility index (Phi) is 3.57. The van der Waals surface area contributed by atoms with E-state index in [-0.39, 0.29) is 17.9 Å². The number of amides is 1. The molecule has 18 heavy (non-hydrogen) atoms. The van der Waals surface area contributed by atoms with E-state index in [0.29, 0.717) is 0 Å². The highest BCUT2D eigenvalue weighted by molar-refractivity contribution is 5.95. The van der Waals surface area contributed by atoms with Gasteiger partial charge in [0, 0.05) is 13.1 Å². The predicted octanol–water partition coefficient (Wildman–Crippen LogP) is 2.15. The lowest BCUT2D eigenvalue weighted by Gasteiger charge is -2.20. The van der Waals surface area contributed by atoms with Gasteiger partial charge in [-0.3, -0.25) is 4.79 Å². The molecule has 0 bridgehead atoms. The number of hydrogen-bond acceptors (Lipinski definition) is 3. The third kappa shape index (κ3) is 3.47. The Hall–Kier alpha value is -1.55. The maximum Gasteiger partial charge on any atom is 0.262 e. The second kappa shape index (κ2) is 4.98. The van der Waals surface area contributed by atoms with Crippen molar-refractivity contribution in [3.8, 4) is 5.75 Å². The summed E-state index contributed by atoms with van der Waals surface area (Å²) in [6.45, 7) is 8.44. The van der Waals surface area contributed by atoms with E-state index >= 15 is 0 Å². The van der Waals surface area contributed by atoms with E-state index in [4.69, 9.17) is 4.74 Å². The summed E-state index contributed by atoms with van der Waals surface area (Å²) >= 11 is 0. The summed E-state index contributed by atoms with van der Waals surface area (Å²) < 4.78 is 5.32. The molecule has 0 radical (unpaired) electrons. The molecule has 0 aromatic heterocycles. The molecule has 0 saturated heterocycles. The highest BCUT2D eigenvalue weighted by Crippen LogP contribution is 2.28. The van der Waals surface area contributed by atoms with E-state index in [2.05, 4.69) is 31.4 Å². The maximum atomic E-state index is 11.2. The standard InChI is InChI=1S/C14H20N2O2/c1-14(2,3)9-15-7-10-4-5-12-11(6-10)16-13(17)8-18-12/h4-6,15H,7-9H2,1-3H3,(H,16,17). The van der Waals surface area contributed by atoms with Crippen molar-refractivity contribution in [3.05, 3.63) is 23.8 Å². The summed E-state index contributed by atoms with van der Waals surface area (Å²) in [6.07, 6.45) is 0. The first-order valence-corrected chi connectivity index (χ1v) is 6.20. The lowest BCUT2D eigenvalue weighted by molar-refractivity contribution is -0.118. The van der Waals surface area contributed by atoms with Crippen LogP contribution in [0.1, 0.15) is 26.3 Å². The molecule has 1 amide bonds. The fourth-order valence-corrected chi connectivity index (χ4v) is 1.82. The zero-order chi connectivity index (χ0) is 13.2. The van der Waals surface area contributed by atoms with Crippen LogP contribution in [0.4, 0.5) is 5.69 Å². The summed E-state index contributed by atoms with van der Waals surface area (Å²) in [5.74, 6) is 0.650. The van der Waals surface area contributed by atoms with Crippen LogP contribution in [-0.4, -0.2) is 19.1 Å².